The third-order valence-electron chi connectivity index (χ3n) is 4.89. The van der Waals surface area contributed by atoms with Crippen molar-refractivity contribution in [1.29, 1.82) is 0 Å². The molecular formula is C20H22N2O2. The second-order valence-corrected chi connectivity index (χ2v) is 6.81. The highest BCUT2D eigenvalue weighted by molar-refractivity contribution is 5.94. The molecule has 4 heteroatoms. The van der Waals surface area contributed by atoms with E-state index in [0.29, 0.717) is 24.6 Å². The van der Waals surface area contributed by atoms with Crippen molar-refractivity contribution in [2.75, 3.05) is 13.1 Å². The van der Waals surface area contributed by atoms with Crippen molar-refractivity contribution < 1.29 is 9.53 Å². The lowest BCUT2D eigenvalue weighted by Gasteiger charge is -2.38. The normalized spacial score (nSPS) is 24.0. The monoisotopic (exact) mass is 322 g/mol. The Labute approximate surface area is 142 Å². The van der Waals surface area contributed by atoms with Crippen molar-refractivity contribution in [1.82, 2.24) is 9.88 Å². The van der Waals surface area contributed by atoms with Gasteiger partial charge in [-0.3, -0.25) is 9.78 Å². The van der Waals surface area contributed by atoms with Crippen LogP contribution < -0.4 is 0 Å². The number of ether oxygens (including phenoxy) is 1. The van der Waals surface area contributed by atoms with Gasteiger partial charge in [-0.15, -0.1) is 0 Å². The fraction of sp³-hybridized carbons (Fsp3) is 0.400. The number of hydrogen-bond acceptors (Lipinski definition) is 3. The first-order chi connectivity index (χ1) is 11.7. The molecule has 2 aliphatic rings. The minimum Gasteiger partial charge on any atom is -0.366 e. The average molecular weight is 322 g/mol. The second-order valence-electron chi connectivity index (χ2n) is 6.81. The van der Waals surface area contributed by atoms with E-state index in [9.17, 15) is 4.79 Å². The van der Waals surface area contributed by atoms with Gasteiger partial charge < -0.3 is 9.64 Å². The van der Waals surface area contributed by atoms with Crippen LogP contribution in [0.1, 0.15) is 40.6 Å². The summed E-state index contributed by atoms with van der Waals surface area (Å²) in [5, 5.41) is 0. The van der Waals surface area contributed by atoms with Crippen molar-refractivity contribution in [2.24, 2.45) is 5.92 Å². The van der Waals surface area contributed by atoms with Gasteiger partial charge in [-0.2, -0.15) is 0 Å². The molecule has 4 rings (SSSR count). The molecule has 0 unspecified atom stereocenters. The topological polar surface area (TPSA) is 42.4 Å². The summed E-state index contributed by atoms with van der Waals surface area (Å²) in [7, 11) is 0. The molecule has 0 bridgehead atoms. The number of aromatic nitrogens is 1. The summed E-state index contributed by atoms with van der Waals surface area (Å²) >= 11 is 0. The van der Waals surface area contributed by atoms with Crippen LogP contribution in [0, 0.1) is 12.8 Å². The van der Waals surface area contributed by atoms with Crippen molar-refractivity contribution in [2.45, 2.75) is 32.0 Å². The van der Waals surface area contributed by atoms with Crippen LogP contribution in [0.3, 0.4) is 0 Å². The molecule has 1 saturated carbocycles. The number of pyridine rings is 1. The van der Waals surface area contributed by atoms with E-state index in [4.69, 9.17) is 4.74 Å². The van der Waals surface area contributed by atoms with E-state index in [-0.39, 0.29) is 18.1 Å². The number of aryl methyl sites for hydroxylation is 1. The zero-order valence-corrected chi connectivity index (χ0v) is 13.9. The molecular weight excluding hydrogens is 300 g/mol. The van der Waals surface area contributed by atoms with Gasteiger partial charge in [0.2, 0.25) is 0 Å². The van der Waals surface area contributed by atoms with Crippen LogP contribution >= 0.6 is 0 Å². The van der Waals surface area contributed by atoms with Crippen LogP contribution in [0.25, 0.3) is 0 Å². The lowest BCUT2D eigenvalue weighted by molar-refractivity contribution is -0.0864. The fourth-order valence-corrected chi connectivity index (χ4v) is 3.31. The Morgan fingerprint density at radius 1 is 1.12 bits per heavy atom. The second kappa shape index (κ2) is 6.36. The van der Waals surface area contributed by atoms with Gasteiger partial charge in [-0.1, -0.05) is 30.3 Å². The fourth-order valence-electron chi connectivity index (χ4n) is 3.31. The molecule has 2 aromatic rings. The zero-order valence-electron chi connectivity index (χ0n) is 13.9. The number of benzene rings is 1. The van der Waals surface area contributed by atoms with E-state index in [2.05, 4.69) is 17.1 Å². The van der Waals surface area contributed by atoms with E-state index in [1.807, 2.05) is 42.2 Å². The molecule has 1 amide bonds. The third kappa shape index (κ3) is 3.20. The Morgan fingerprint density at radius 2 is 1.92 bits per heavy atom. The molecule has 0 N–H and O–H groups in total. The van der Waals surface area contributed by atoms with Gasteiger partial charge in [0.1, 0.15) is 6.10 Å². The molecule has 4 nitrogen and oxygen atoms in total. The number of hydrogen-bond donors (Lipinski definition) is 0. The Kier molecular flexibility index (Phi) is 4.07. The maximum atomic E-state index is 12.9. The van der Waals surface area contributed by atoms with Crippen LogP contribution in [-0.4, -0.2) is 35.0 Å². The molecule has 0 spiro atoms. The van der Waals surface area contributed by atoms with Gasteiger partial charge in [0.15, 0.2) is 0 Å². The van der Waals surface area contributed by atoms with E-state index in [1.54, 1.807) is 6.20 Å². The number of carbonyl (C=O) groups excluding carboxylic acids is 1. The van der Waals surface area contributed by atoms with Gasteiger partial charge in [0.25, 0.3) is 5.91 Å². The van der Waals surface area contributed by atoms with Gasteiger partial charge in [-0.25, -0.2) is 0 Å². The number of carbonyl (C=O) groups is 1. The van der Waals surface area contributed by atoms with Crippen molar-refractivity contribution in [3.63, 3.8) is 0 Å². The summed E-state index contributed by atoms with van der Waals surface area (Å²) in [6.07, 6.45) is 4.19. The van der Waals surface area contributed by atoms with Crippen LogP contribution in [0.5, 0.6) is 0 Å². The SMILES string of the molecule is Cc1ccc(C(=O)N2C[C@@H](c3ccccc3)O[C@@H](C3CC3)C2)cn1. The predicted molar refractivity (Wildman–Crippen MR) is 91.7 cm³/mol. The Bertz CT molecular complexity index is 710. The number of nitrogens with zero attached hydrogens (tertiary/aromatic N) is 2. The molecule has 2 fully saturated rings. The van der Waals surface area contributed by atoms with Crippen LogP contribution in [0.2, 0.25) is 0 Å². The summed E-state index contributed by atoms with van der Waals surface area (Å²) in [5.74, 6) is 0.653. The molecule has 0 radical (unpaired) electrons. The van der Waals surface area contributed by atoms with Gasteiger partial charge >= 0.3 is 0 Å². The molecule has 2 atom stereocenters. The third-order valence-corrected chi connectivity index (χ3v) is 4.89. The standard InChI is InChI=1S/C20H22N2O2/c1-14-7-8-17(11-21-14)20(23)22-12-18(15-5-3-2-4-6-15)24-19(13-22)16-9-10-16/h2-8,11,16,18-19H,9-10,12-13H2,1H3/t18-,19+/m0/s1. The number of rotatable bonds is 3. The highest BCUT2D eigenvalue weighted by atomic mass is 16.5. The smallest absolute Gasteiger partial charge is 0.255 e. The quantitative estimate of drug-likeness (QED) is 0.870. The minimum atomic E-state index is -0.0482. The van der Waals surface area contributed by atoms with E-state index < -0.39 is 0 Å². The van der Waals surface area contributed by atoms with Crippen molar-refractivity contribution in [3.8, 4) is 0 Å². The highest BCUT2D eigenvalue weighted by Crippen LogP contribution is 2.39. The van der Waals surface area contributed by atoms with E-state index in [0.717, 1.165) is 11.3 Å². The Hall–Kier alpha value is -2.20. The first kappa shape index (κ1) is 15.3. The molecule has 2 heterocycles. The summed E-state index contributed by atoms with van der Waals surface area (Å²) in [5.41, 5.74) is 2.72. The Balaban J connectivity index is 1.57. The summed E-state index contributed by atoms with van der Waals surface area (Å²) in [4.78, 5) is 19.1. The predicted octanol–water partition coefficient (Wildman–Crippen LogP) is 3.38. The first-order valence-electron chi connectivity index (χ1n) is 8.63. The molecule has 1 aliphatic carbocycles. The summed E-state index contributed by atoms with van der Waals surface area (Å²) in [6.45, 7) is 3.21. The van der Waals surface area contributed by atoms with Crippen LogP contribution in [0.15, 0.2) is 48.7 Å². The lowest BCUT2D eigenvalue weighted by Crippen LogP contribution is -2.47. The highest BCUT2D eigenvalue weighted by Gasteiger charge is 2.40. The van der Waals surface area contributed by atoms with E-state index in [1.165, 1.54) is 12.8 Å². The van der Waals surface area contributed by atoms with Crippen LogP contribution in [0.4, 0.5) is 0 Å². The zero-order chi connectivity index (χ0) is 16.5. The molecule has 1 saturated heterocycles. The van der Waals surface area contributed by atoms with Crippen LogP contribution in [-0.2, 0) is 4.74 Å². The van der Waals surface area contributed by atoms with Crippen molar-refractivity contribution in [3.05, 3.63) is 65.5 Å². The number of morpholine rings is 1. The maximum absolute atomic E-state index is 12.9. The largest absolute Gasteiger partial charge is 0.366 e. The van der Waals surface area contributed by atoms with Gasteiger partial charge in [0.05, 0.1) is 18.2 Å². The molecule has 1 aromatic carbocycles. The van der Waals surface area contributed by atoms with E-state index >= 15 is 0 Å². The molecule has 1 aliphatic heterocycles. The minimum absolute atomic E-state index is 0.0482. The maximum Gasteiger partial charge on any atom is 0.255 e. The van der Waals surface area contributed by atoms with Crippen molar-refractivity contribution >= 4 is 5.91 Å². The molecule has 1 aromatic heterocycles. The Morgan fingerprint density at radius 3 is 2.58 bits per heavy atom. The lowest BCUT2D eigenvalue weighted by atomic mass is 10.0. The molecule has 24 heavy (non-hydrogen) atoms. The van der Waals surface area contributed by atoms with Gasteiger partial charge in [-0.05, 0) is 43.4 Å². The molecule has 124 valence electrons. The summed E-state index contributed by atoms with van der Waals surface area (Å²) in [6, 6.07) is 14.0. The van der Waals surface area contributed by atoms with Gasteiger partial charge in [0, 0.05) is 18.4 Å². The summed E-state index contributed by atoms with van der Waals surface area (Å²) < 4.78 is 6.32. The average Bonchev–Trinajstić information content (AvgIpc) is 3.47. The number of amides is 1. The first-order valence-corrected chi connectivity index (χ1v) is 8.63.